The van der Waals surface area contributed by atoms with Crippen molar-refractivity contribution in [2.75, 3.05) is 19.7 Å². The lowest BCUT2D eigenvalue weighted by molar-refractivity contribution is -0.147. The normalized spacial score (nSPS) is 17.7. The lowest BCUT2D eigenvalue weighted by Crippen LogP contribution is -2.51. The molecule has 4 heteroatoms. The third-order valence-corrected chi connectivity index (χ3v) is 10.4. The topological polar surface area (TPSA) is 46.6 Å². The average molecular weight is 648 g/mol. The molecule has 0 aromatic rings. The van der Waals surface area contributed by atoms with Crippen LogP contribution >= 0.6 is 0 Å². The third kappa shape index (κ3) is 25.2. The van der Waals surface area contributed by atoms with E-state index in [9.17, 15) is 9.59 Å². The summed E-state index contributed by atoms with van der Waals surface area (Å²) >= 11 is 0. The van der Waals surface area contributed by atoms with Crippen LogP contribution in [0.25, 0.3) is 0 Å². The maximum absolute atomic E-state index is 13.4. The van der Waals surface area contributed by atoms with Gasteiger partial charge in [0, 0.05) is 25.9 Å². The van der Waals surface area contributed by atoms with Crippen LogP contribution in [0.5, 0.6) is 0 Å². The zero-order chi connectivity index (χ0) is 33.5. The lowest BCUT2D eigenvalue weighted by Gasteiger charge is -2.39. The smallest absolute Gasteiger partial charge is 0.305 e. The molecule has 0 radical (unpaired) electrons. The Labute approximate surface area is 288 Å². The fourth-order valence-electron chi connectivity index (χ4n) is 7.56. The number of ketones is 1. The van der Waals surface area contributed by atoms with E-state index in [1.54, 1.807) is 0 Å². The maximum Gasteiger partial charge on any atom is 0.305 e. The number of likely N-dealkylation sites (tertiary alicyclic amines) is 1. The zero-order valence-corrected chi connectivity index (χ0v) is 31.7. The molecule has 0 aliphatic carbocycles. The number of piperidine rings is 1. The number of carbonyl (C=O) groups is 2. The van der Waals surface area contributed by atoms with Gasteiger partial charge in [0.25, 0.3) is 0 Å². The van der Waals surface area contributed by atoms with Crippen LogP contribution < -0.4 is 0 Å². The fourth-order valence-corrected chi connectivity index (χ4v) is 7.56. The molecule has 0 aromatic heterocycles. The van der Waals surface area contributed by atoms with Gasteiger partial charge in [-0.1, -0.05) is 188 Å². The first-order valence-corrected chi connectivity index (χ1v) is 20.9. The Kier molecular flexibility index (Phi) is 29.4. The highest BCUT2D eigenvalue weighted by Crippen LogP contribution is 2.24. The molecule has 0 bridgehead atoms. The molecule has 0 spiro atoms. The highest BCUT2D eigenvalue weighted by atomic mass is 16.5. The van der Waals surface area contributed by atoms with Gasteiger partial charge in [0.2, 0.25) is 0 Å². The monoisotopic (exact) mass is 648 g/mol. The van der Waals surface area contributed by atoms with Gasteiger partial charge in [-0.05, 0) is 31.1 Å². The predicted molar refractivity (Wildman–Crippen MR) is 200 cm³/mol. The van der Waals surface area contributed by atoms with Crippen LogP contribution in [0.1, 0.15) is 220 Å². The van der Waals surface area contributed by atoms with Gasteiger partial charge in [0.1, 0.15) is 12.6 Å². The number of unbranched alkanes of at least 4 members (excludes halogenated alkanes) is 25. The lowest BCUT2D eigenvalue weighted by atomic mass is 9.90. The summed E-state index contributed by atoms with van der Waals surface area (Å²) in [6, 6.07) is -0.261. The molecule has 3 unspecified atom stereocenters. The van der Waals surface area contributed by atoms with Gasteiger partial charge >= 0.3 is 5.97 Å². The van der Waals surface area contributed by atoms with Crippen LogP contribution in [-0.4, -0.2) is 42.4 Å². The molecule has 272 valence electrons. The fraction of sp³-hybridized carbons (Fsp3) is 0.952. The molecule has 1 heterocycles. The molecule has 1 saturated heterocycles. The number of hydrogen-bond donors (Lipinski definition) is 0. The van der Waals surface area contributed by atoms with Crippen molar-refractivity contribution in [3.8, 4) is 0 Å². The first-order chi connectivity index (χ1) is 22.5. The van der Waals surface area contributed by atoms with Crippen LogP contribution in [-0.2, 0) is 14.3 Å². The van der Waals surface area contributed by atoms with E-state index in [1.165, 1.54) is 154 Å². The van der Waals surface area contributed by atoms with Gasteiger partial charge in [-0.15, -0.1) is 0 Å². The first-order valence-electron chi connectivity index (χ1n) is 20.9. The molecule has 1 aliphatic rings. The molecule has 1 fully saturated rings. The van der Waals surface area contributed by atoms with Gasteiger partial charge in [-0.25, -0.2) is 0 Å². The van der Waals surface area contributed by atoms with Gasteiger partial charge in [-0.3, -0.25) is 14.5 Å². The Hall–Kier alpha value is -0.900. The Morgan fingerprint density at radius 1 is 0.522 bits per heavy atom. The van der Waals surface area contributed by atoms with Crippen molar-refractivity contribution >= 4 is 11.8 Å². The summed E-state index contributed by atoms with van der Waals surface area (Å²) < 4.78 is 5.78. The summed E-state index contributed by atoms with van der Waals surface area (Å²) in [4.78, 5) is 28.4. The standard InChI is InChI=1S/C42H81NO3/c1-5-7-9-11-13-15-17-19-20-21-22-24-26-28-30-32-41(44)40(43-35-38(3)34-39(4)36-43)37-46-42(45)33-31-29-27-25-23-18-16-14-12-10-8-6-2/h38-40H,5-37H2,1-4H3. The van der Waals surface area contributed by atoms with Crippen molar-refractivity contribution < 1.29 is 14.3 Å². The SMILES string of the molecule is CCCCCCCCCCCCCCCCCC(=O)C(COC(=O)CCCCCCCCCCCCCC)N1CC(C)CC(C)C1. The Balaban J connectivity index is 2.19. The van der Waals surface area contributed by atoms with Crippen molar-refractivity contribution in [3.63, 3.8) is 0 Å². The number of ether oxygens (including phenoxy) is 1. The summed E-state index contributed by atoms with van der Waals surface area (Å²) in [5.74, 6) is 1.34. The molecule has 4 nitrogen and oxygen atoms in total. The summed E-state index contributed by atoms with van der Waals surface area (Å²) in [5, 5.41) is 0. The molecule has 3 atom stereocenters. The van der Waals surface area contributed by atoms with E-state index < -0.39 is 0 Å². The van der Waals surface area contributed by atoms with E-state index in [1.807, 2.05) is 0 Å². The second kappa shape index (κ2) is 31.4. The minimum absolute atomic E-state index is 0.116. The Bertz CT molecular complexity index is 684. The minimum Gasteiger partial charge on any atom is -0.464 e. The number of carbonyl (C=O) groups excluding carboxylic acids is 2. The van der Waals surface area contributed by atoms with Crippen LogP contribution in [0.3, 0.4) is 0 Å². The molecular weight excluding hydrogens is 566 g/mol. The molecule has 0 N–H and O–H groups in total. The zero-order valence-electron chi connectivity index (χ0n) is 31.7. The number of hydrogen-bond acceptors (Lipinski definition) is 4. The molecule has 1 aliphatic heterocycles. The highest BCUT2D eigenvalue weighted by molar-refractivity contribution is 5.84. The maximum atomic E-state index is 13.4. The van der Waals surface area contributed by atoms with Crippen LogP contribution in [0.2, 0.25) is 0 Å². The van der Waals surface area contributed by atoms with Crippen molar-refractivity contribution in [1.82, 2.24) is 4.90 Å². The average Bonchev–Trinajstić information content (AvgIpc) is 3.03. The van der Waals surface area contributed by atoms with E-state index in [0.29, 0.717) is 24.7 Å². The van der Waals surface area contributed by atoms with Crippen molar-refractivity contribution in [2.24, 2.45) is 11.8 Å². The van der Waals surface area contributed by atoms with E-state index in [4.69, 9.17) is 4.74 Å². The van der Waals surface area contributed by atoms with Gasteiger partial charge < -0.3 is 4.74 Å². The largest absolute Gasteiger partial charge is 0.464 e. The van der Waals surface area contributed by atoms with E-state index >= 15 is 0 Å². The minimum atomic E-state index is -0.261. The van der Waals surface area contributed by atoms with E-state index in [0.717, 1.165) is 38.8 Å². The highest BCUT2D eigenvalue weighted by Gasteiger charge is 2.32. The van der Waals surface area contributed by atoms with Crippen LogP contribution in [0.4, 0.5) is 0 Å². The molecule has 46 heavy (non-hydrogen) atoms. The molecule has 0 aromatic carbocycles. The number of nitrogens with zero attached hydrogens (tertiary/aromatic N) is 1. The summed E-state index contributed by atoms with van der Waals surface area (Å²) in [5.41, 5.74) is 0. The van der Waals surface area contributed by atoms with Gasteiger partial charge in [-0.2, -0.15) is 0 Å². The van der Waals surface area contributed by atoms with Gasteiger partial charge in [0.05, 0.1) is 0 Å². The van der Waals surface area contributed by atoms with Crippen molar-refractivity contribution in [2.45, 2.75) is 226 Å². The molecule has 0 saturated carbocycles. The van der Waals surface area contributed by atoms with Crippen molar-refractivity contribution in [3.05, 3.63) is 0 Å². The number of Topliss-reactive ketones (excluding diaryl/α,β-unsaturated/α-hetero) is 1. The summed E-state index contributed by atoms with van der Waals surface area (Å²) in [6.45, 7) is 11.3. The Morgan fingerprint density at radius 3 is 1.22 bits per heavy atom. The number of rotatable bonds is 33. The molecule has 0 amide bonds. The predicted octanol–water partition coefficient (Wildman–Crippen LogP) is 12.8. The molecule has 1 rings (SSSR count). The van der Waals surface area contributed by atoms with Crippen LogP contribution in [0, 0.1) is 11.8 Å². The van der Waals surface area contributed by atoms with Crippen LogP contribution in [0.15, 0.2) is 0 Å². The molecular formula is C42H81NO3. The number of esters is 1. The Morgan fingerprint density at radius 2 is 0.848 bits per heavy atom. The quantitative estimate of drug-likeness (QED) is 0.0525. The van der Waals surface area contributed by atoms with Gasteiger partial charge in [0.15, 0.2) is 5.78 Å². The third-order valence-electron chi connectivity index (χ3n) is 10.4. The second-order valence-corrected chi connectivity index (χ2v) is 15.4. The van der Waals surface area contributed by atoms with Crippen molar-refractivity contribution in [1.29, 1.82) is 0 Å². The first kappa shape index (κ1) is 43.1. The second-order valence-electron chi connectivity index (χ2n) is 15.4. The van der Waals surface area contributed by atoms with E-state index in [-0.39, 0.29) is 24.4 Å². The van der Waals surface area contributed by atoms with E-state index in [2.05, 4.69) is 32.6 Å². The summed E-state index contributed by atoms with van der Waals surface area (Å²) in [7, 11) is 0. The summed E-state index contributed by atoms with van der Waals surface area (Å²) in [6.07, 6.45) is 37.8.